The van der Waals surface area contributed by atoms with Crippen molar-refractivity contribution in [3.8, 4) is 11.5 Å². The van der Waals surface area contributed by atoms with Crippen LogP contribution in [0.25, 0.3) is 10.9 Å². The molecular formula is C26H25F3N4O3. The van der Waals surface area contributed by atoms with Crippen LogP contribution in [-0.2, 0) is 22.8 Å². The van der Waals surface area contributed by atoms with Gasteiger partial charge in [0.25, 0.3) is 0 Å². The average Bonchev–Trinajstić information content (AvgIpc) is 3.42. The highest BCUT2D eigenvalue weighted by Crippen LogP contribution is 2.53. The number of fused-ring (bicyclic) bond motifs is 1. The van der Waals surface area contributed by atoms with Gasteiger partial charge in [0.15, 0.2) is 0 Å². The Morgan fingerprint density at radius 2 is 1.83 bits per heavy atom. The third-order valence-electron chi connectivity index (χ3n) is 7.68. The molecule has 3 fully saturated rings. The highest BCUT2D eigenvalue weighted by molar-refractivity contribution is 5.92. The molecule has 10 heteroatoms. The maximum Gasteiger partial charge on any atom is 0.416 e. The second-order valence-corrected chi connectivity index (χ2v) is 10.3. The predicted octanol–water partition coefficient (Wildman–Crippen LogP) is 4.18. The Hall–Kier alpha value is -3.56. The average molecular weight is 499 g/mol. The fourth-order valence-corrected chi connectivity index (χ4v) is 5.62. The second-order valence-electron chi connectivity index (χ2n) is 10.3. The zero-order valence-electron chi connectivity index (χ0n) is 19.9. The maximum atomic E-state index is 13.2. The Kier molecular flexibility index (Phi) is 4.90. The van der Waals surface area contributed by atoms with Gasteiger partial charge in [0, 0.05) is 51.2 Å². The van der Waals surface area contributed by atoms with Crippen LogP contribution in [0.2, 0.25) is 0 Å². The largest absolute Gasteiger partial charge is 0.457 e. The monoisotopic (exact) mass is 498 g/mol. The molecule has 3 heterocycles. The van der Waals surface area contributed by atoms with E-state index in [-0.39, 0.29) is 29.4 Å². The van der Waals surface area contributed by atoms with Crippen LogP contribution in [0.5, 0.6) is 11.5 Å². The maximum absolute atomic E-state index is 13.2. The first-order chi connectivity index (χ1) is 17.0. The van der Waals surface area contributed by atoms with Crippen molar-refractivity contribution < 1.29 is 27.5 Å². The molecule has 1 aliphatic carbocycles. The summed E-state index contributed by atoms with van der Waals surface area (Å²) in [6, 6.07) is 8.19. The van der Waals surface area contributed by atoms with E-state index in [1.165, 1.54) is 12.1 Å². The minimum Gasteiger partial charge on any atom is -0.457 e. The number of carbonyl (C=O) groups excluding carboxylic acids is 2. The number of alkyl halides is 3. The Labute approximate surface area is 205 Å². The number of aromatic nitrogens is 2. The van der Waals surface area contributed by atoms with Crippen LogP contribution >= 0.6 is 0 Å². The van der Waals surface area contributed by atoms with E-state index < -0.39 is 17.2 Å². The number of ether oxygens (including phenoxy) is 1. The SMILES string of the molecule is CN1CCC2(CN(C(=O)[C@@H]3C[C@H]3c3cc(Oc4ccc(C(F)(F)F)cc4)cc4cn(C)nc34)C2)C1=O. The fourth-order valence-electron chi connectivity index (χ4n) is 5.62. The number of amides is 2. The first-order valence-electron chi connectivity index (χ1n) is 11.9. The highest BCUT2D eigenvalue weighted by atomic mass is 19.4. The third-order valence-corrected chi connectivity index (χ3v) is 7.68. The first kappa shape index (κ1) is 22.9. The number of carbonyl (C=O) groups is 2. The van der Waals surface area contributed by atoms with Gasteiger partial charge in [-0.3, -0.25) is 14.3 Å². The van der Waals surface area contributed by atoms with Crippen LogP contribution in [0.4, 0.5) is 13.2 Å². The molecule has 2 atom stereocenters. The molecule has 1 spiro atoms. The van der Waals surface area contributed by atoms with Crippen molar-refractivity contribution in [3.63, 3.8) is 0 Å². The van der Waals surface area contributed by atoms with E-state index in [9.17, 15) is 22.8 Å². The fraction of sp³-hybridized carbons (Fsp3) is 0.423. The Morgan fingerprint density at radius 1 is 1.11 bits per heavy atom. The minimum atomic E-state index is -4.41. The molecule has 1 aromatic heterocycles. The first-order valence-corrected chi connectivity index (χ1v) is 11.9. The van der Waals surface area contributed by atoms with Gasteiger partial charge in [0.05, 0.1) is 16.5 Å². The summed E-state index contributed by atoms with van der Waals surface area (Å²) < 4.78 is 46.2. The van der Waals surface area contributed by atoms with Crippen molar-refractivity contribution in [2.24, 2.45) is 18.4 Å². The minimum absolute atomic E-state index is 0.0236. The predicted molar refractivity (Wildman–Crippen MR) is 124 cm³/mol. The lowest BCUT2D eigenvalue weighted by Gasteiger charge is -2.46. The molecule has 3 aliphatic rings. The number of aryl methyl sites for hydroxylation is 1. The quantitative estimate of drug-likeness (QED) is 0.542. The topological polar surface area (TPSA) is 67.7 Å². The van der Waals surface area contributed by atoms with Crippen LogP contribution in [0.15, 0.2) is 42.6 Å². The molecule has 6 rings (SSSR count). The lowest BCUT2D eigenvalue weighted by atomic mass is 9.78. The van der Waals surface area contributed by atoms with E-state index in [0.717, 1.165) is 41.6 Å². The molecule has 2 aromatic carbocycles. The summed E-state index contributed by atoms with van der Waals surface area (Å²) in [6.07, 6.45) is -1.09. The van der Waals surface area contributed by atoms with Crippen molar-refractivity contribution in [1.82, 2.24) is 19.6 Å². The smallest absolute Gasteiger partial charge is 0.416 e. The van der Waals surface area contributed by atoms with Crippen molar-refractivity contribution >= 4 is 22.7 Å². The Balaban J connectivity index is 1.21. The summed E-state index contributed by atoms with van der Waals surface area (Å²) in [7, 11) is 3.61. The number of halogens is 3. The zero-order chi connectivity index (χ0) is 25.4. The van der Waals surface area contributed by atoms with Gasteiger partial charge in [-0.05, 0) is 60.7 Å². The van der Waals surface area contributed by atoms with Gasteiger partial charge in [-0.2, -0.15) is 18.3 Å². The van der Waals surface area contributed by atoms with Crippen LogP contribution in [0, 0.1) is 11.3 Å². The molecular weight excluding hydrogens is 473 g/mol. The van der Waals surface area contributed by atoms with E-state index in [0.29, 0.717) is 25.3 Å². The second kappa shape index (κ2) is 7.72. The summed E-state index contributed by atoms with van der Waals surface area (Å²) in [5.41, 5.74) is 0.528. The molecule has 36 heavy (non-hydrogen) atoms. The third kappa shape index (κ3) is 3.70. The van der Waals surface area contributed by atoms with Gasteiger partial charge in [-0.1, -0.05) is 0 Å². The summed E-state index contributed by atoms with van der Waals surface area (Å²) in [5, 5.41) is 5.40. The van der Waals surface area contributed by atoms with E-state index in [2.05, 4.69) is 5.10 Å². The number of likely N-dealkylation sites (tertiary alicyclic amines) is 2. The van der Waals surface area contributed by atoms with Crippen molar-refractivity contribution in [3.05, 3.63) is 53.7 Å². The molecule has 0 radical (unpaired) electrons. The normalized spacial score (nSPS) is 22.9. The summed E-state index contributed by atoms with van der Waals surface area (Å²) in [4.78, 5) is 29.2. The van der Waals surface area contributed by atoms with Crippen LogP contribution in [0.1, 0.15) is 29.9 Å². The highest BCUT2D eigenvalue weighted by Gasteiger charge is 2.58. The van der Waals surface area contributed by atoms with Gasteiger partial charge in [0.2, 0.25) is 11.8 Å². The molecule has 0 unspecified atom stereocenters. The molecule has 0 N–H and O–H groups in total. The van der Waals surface area contributed by atoms with Gasteiger partial charge >= 0.3 is 6.18 Å². The molecule has 2 saturated heterocycles. The molecule has 3 aromatic rings. The van der Waals surface area contributed by atoms with E-state index >= 15 is 0 Å². The standard InChI is InChI=1S/C26H25F3N4O3/c1-31-8-7-25(24(31)35)13-33(14-25)23(34)21-11-19(21)20-10-18(9-15-12-32(2)30-22(15)20)36-17-5-3-16(4-6-17)26(27,28)29/h3-6,9-10,12,19,21H,7-8,11,13-14H2,1-2H3/t19-,21+/m0/s1. The lowest BCUT2D eigenvalue weighted by Crippen LogP contribution is -2.61. The summed E-state index contributed by atoms with van der Waals surface area (Å²) in [6.45, 7) is 1.69. The van der Waals surface area contributed by atoms with E-state index in [1.807, 2.05) is 19.3 Å². The van der Waals surface area contributed by atoms with E-state index in [4.69, 9.17) is 4.74 Å². The molecule has 1 saturated carbocycles. The van der Waals surface area contributed by atoms with Crippen LogP contribution < -0.4 is 4.74 Å². The molecule has 7 nitrogen and oxygen atoms in total. The number of benzene rings is 2. The Morgan fingerprint density at radius 3 is 2.47 bits per heavy atom. The van der Waals surface area contributed by atoms with Gasteiger partial charge in [-0.15, -0.1) is 0 Å². The van der Waals surface area contributed by atoms with Crippen molar-refractivity contribution in [1.29, 1.82) is 0 Å². The molecule has 2 amide bonds. The number of hydrogen-bond donors (Lipinski definition) is 0. The van der Waals surface area contributed by atoms with Crippen molar-refractivity contribution in [2.45, 2.75) is 24.9 Å². The lowest BCUT2D eigenvalue weighted by molar-refractivity contribution is -0.154. The molecule has 2 aliphatic heterocycles. The van der Waals surface area contributed by atoms with Gasteiger partial charge in [-0.25, -0.2) is 0 Å². The van der Waals surface area contributed by atoms with Crippen LogP contribution in [-0.4, -0.2) is 58.1 Å². The van der Waals surface area contributed by atoms with Crippen LogP contribution in [0.3, 0.4) is 0 Å². The summed E-state index contributed by atoms with van der Waals surface area (Å²) in [5.74, 6) is 0.754. The summed E-state index contributed by atoms with van der Waals surface area (Å²) >= 11 is 0. The Bertz CT molecular complexity index is 1380. The number of rotatable bonds is 4. The molecule has 0 bridgehead atoms. The number of nitrogens with zero attached hydrogens (tertiary/aromatic N) is 4. The van der Waals surface area contributed by atoms with Gasteiger partial charge < -0.3 is 14.5 Å². The number of hydrogen-bond acceptors (Lipinski definition) is 4. The molecule has 188 valence electrons. The van der Waals surface area contributed by atoms with Crippen molar-refractivity contribution in [2.75, 3.05) is 26.7 Å². The van der Waals surface area contributed by atoms with E-state index in [1.54, 1.807) is 27.6 Å². The zero-order valence-corrected chi connectivity index (χ0v) is 19.9. The van der Waals surface area contributed by atoms with Gasteiger partial charge in [0.1, 0.15) is 11.5 Å².